The molecule has 0 aliphatic rings. The minimum Gasteiger partial charge on any atom is -0.502 e. The highest BCUT2D eigenvalue weighted by Crippen LogP contribution is 2.26. The van der Waals surface area contributed by atoms with Gasteiger partial charge in [-0.1, -0.05) is 6.07 Å². The van der Waals surface area contributed by atoms with Crippen molar-refractivity contribution in [2.45, 2.75) is 6.42 Å². The number of benzene rings is 1. The Hall–Kier alpha value is -2.96. The molecule has 1 aromatic carbocycles. The molecule has 1 amide bonds. The highest BCUT2D eigenvalue weighted by Gasteiger charge is 2.15. The van der Waals surface area contributed by atoms with Crippen LogP contribution in [0.2, 0.25) is 0 Å². The Bertz CT molecular complexity index is 659. The SMILES string of the molecule is O=C(NCCc1ccccn1)c1ccc([N+](=O)[O-])c(O)c1. The molecule has 1 aromatic heterocycles. The molecule has 0 spiro atoms. The van der Waals surface area contributed by atoms with E-state index in [0.717, 1.165) is 17.8 Å². The van der Waals surface area contributed by atoms with Crippen LogP contribution >= 0.6 is 0 Å². The van der Waals surface area contributed by atoms with E-state index in [1.807, 2.05) is 18.2 Å². The van der Waals surface area contributed by atoms with E-state index in [0.29, 0.717) is 13.0 Å². The number of aromatic hydroxyl groups is 1. The van der Waals surface area contributed by atoms with Gasteiger partial charge in [0.1, 0.15) is 0 Å². The number of carbonyl (C=O) groups excluding carboxylic acids is 1. The van der Waals surface area contributed by atoms with Crippen LogP contribution in [-0.4, -0.2) is 27.5 Å². The Morgan fingerprint density at radius 1 is 1.33 bits per heavy atom. The molecule has 0 aliphatic carbocycles. The first-order chi connectivity index (χ1) is 10.1. The molecule has 0 bridgehead atoms. The second-order valence-electron chi connectivity index (χ2n) is 4.29. The first kappa shape index (κ1) is 14.4. The largest absolute Gasteiger partial charge is 0.502 e. The number of phenols is 1. The molecule has 2 N–H and O–H groups in total. The fraction of sp³-hybridized carbons (Fsp3) is 0.143. The zero-order chi connectivity index (χ0) is 15.2. The lowest BCUT2D eigenvalue weighted by Crippen LogP contribution is -2.25. The molecule has 7 nitrogen and oxygen atoms in total. The van der Waals surface area contributed by atoms with Crippen LogP contribution in [0.5, 0.6) is 5.75 Å². The Morgan fingerprint density at radius 3 is 2.76 bits per heavy atom. The van der Waals surface area contributed by atoms with Gasteiger partial charge in [0.25, 0.3) is 5.91 Å². The Labute approximate surface area is 120 Å². The lowest BCUT2D eigenvalue weighted by Gasteiger charge is -2.05. The van der Waals surface area contributed by atoms with Crippen molar-refractivity contribution in [2.75, 3.05) is 6.54 Å². The van der Waals surface area contributed by atoms with Gasteiger partial charge in [0.15, 0.2) is 5.75 Å². The number of hydrogen-bond donors (Lipinski definition) is 2. The van der Waals surface area contributed by atoms with Crippen molar-refractivity contribution >= 4 is 11.6 Å². The summed E-state index contributed by atoms with van der Waals surface area (Å²) in [7, 11) is 0. The van der Waals surface area contributed by atoms with Gasteiger partial charge in [-0.3, -0.25) is 19.9 Å². The zero-order valence-corrected chi connectivity index (χ0v) is 11.0. The van der Waals surface area contributed by atoms with Gasteiger partial charge in [0.2, 0.25) is 0 Å². The minimum absolute atomic E-state index is 0.166. The number of nitrogens with zero attached hydrogens (tertiary/aromatic N) is 2. The second-order valence-corrected chi connectivity index (χ2v) is 4.29. The van der Waals surface area contributed by atoms with Crippen molar-refractivity contribution in [3.8, 4) is 5.75 Å². The Balaban J connectivity index is 1.94. The average Bonchev–Trinajstić information content (AvgIpc) is 2.47. The van der Waals surface area contributed by atoms with E-state index in [1.165, 1.54) is 6.07 Å². The molecule has 0 fully saturated rings. The van der Waals surface area contributed by atoms with Crippen molar-refractivity contribution in [1.82, 2.24) is 10.3 Å². The summed E-state index contributed by atoms with van der Waals surface area (Å²) in [5.41, 5.74) is 0.587. The summed E-state index contributed by atoms with van der Waals surface area (Å²) < 4.78 is 0. The summed E-state index contributed by atoms with van der Waals surface area (Å²) in [5, 5.41) is 22.7. The van der Waals surface area contributed by atoms with E-state index in [-0.39, 0.29) is 5.56 Å². The van der Waals surface area contributed by atoms with Crippen molar-refractivity contribution < 1.29 is 14.8 Å². The summed E-state index contributed by atoms with van der Waals surface area (Å²) in [5.74, 6) is -0.937. The van der Waals surface area contributed by atoms with Gasteiger partial charge < -0.3 is 10.4 Å². The van der Waals surface area contributed by atoms with Crippen LogP contribution in [0, 0.1) is 10.1 Å². The summed E-state index contributed by atoms with van der Waals surface area (Å²) in [6.45, 7) is 0.383. The lowest BCUT2D eigenvalue weighted by atomic mass is 10.1. The number of pyridine rings is 1. The smallest absolute Gasteiger partial charge is 0.310 e. The van der Waals surface area contributed by atoms with Crippen LogP contribution < -0.4 is 5.32 Å². The predicted molar refractivity (Wildman–Crippen MR) is 75.0 cm³/mol. The van der Waals surface area contributed by atoms with Crippen LogP contribution in [0.3, 0.4) is 0 Å². The third kappa shape index (κ3) is 3.75. The molecule has 0 saturated carbocycles. The summed E-state index contributed by atoms with van der Waals surface area (Å²) >= 11 is 0. The summed E-state index contributed by atoms with van der Waals surface area (Å²) in [6, 6.07) is 9.00. The molecule has 2 rings (SSSR count). The first-order valence-electron chi connectivity index (χ1n) is 6.23. The highest BCUT2D eigenvalue weighted by atomic mass is 16.6. The molecule has 1 heterocycles. The summed E-state index contributed by atoms with van der Waals surface area (Å²) in [6.07, 6.45) is 2.25. The van der Waals surface area contributed by atoms with E-state index in [4.69, 9.17) is 0 Å². The molecule has 108 valence electrons. The van der Waals surface area contributed by atoms with E-state index < -0.39 is 22.3 Å². The normalized spacial score (nSPS) is 10.1. The predicted octanol–water partition coefficient (Wildman–Crippen LogP) is 1.67. The van der Waals surface area contributed by atoms with Gasteiger partial charge >= 0.3 is 5.69 Å². The lowest BCUT2D eigenvalue weighted by molar-refractivity contribution is -0.385. The molecule has 0 saturated heterocycles. The second kappa shape index (κ2) is 6.47. The van der Waals surface area contributed by atoms with Crippen molar-refractivity contribution in [1.29, 1.82) is 0 Å². The zero-order valence-electron chi connectivity index (χ0n) is 11.0. The molecular formula is C14H13N3O4. The number of nitrogens with one attached hydrogen (secondary N) is 1. The molecule has 0 radical (unpaired) electrons. The van der Waals surface area contributed by atoms with Crippen molar-refractivity contribution in [2.24, 2.45) is 0 Å². The highest BCUT2D eigenvalue weighted by molar-refractivity contribution is 5.95. The monoisotopic (exact) mass is 287 g/mol. The number of carbonyl (C=O) groups is 1. The van der Waals surface area contributed by atoms with Gasteiger partial charge in [-0.2, -0.15) is 0 Å². The molecular weight excluding hydrogens is 274 g/mol. The molecule has 0 atom stereocenters. The quantitative estimate of drug-likeness (QED) is 0.642. The van der Waals surface area contributed by atoms with Crippen LogP contribution in [0.15, 0.2) is 42.6 Å². The number of aromatic nitrogens is 1. The third-order valence-corrected chi connectivity index (χ3v) is 2.83. The number of nitro groups is 1. The number of nitro benzene ring substituents is 1. The van der Waals surface area contributed by atoms with Crippen LogP contribution in [-0.2, 0) is 6.42 Å². The van der Waals surface area contributed by atoms with Crippen LogP contribution in [0.25, 0.3) is 0 Å². The Morgan fingerprint density at radius 2 is 2.14 bits per heavy atom. The fourth-order valence-electron chi connectivity index (χ4n) is 1.77. The van der Waals surface area contributed by atoms with Crippen LogP contribution in [0.1, 0.15) is 16.1 Å². The molecule has 0 aliphatic heterocycles. The molecule has 0 unspecified atom stereocenters. The summed E-state index contributed by atoms with van der Waals surface area (Å²) in [4.78, 5) is 25.8. The van der Waals surface area contributed by atoms with E-state index in [2.05, 4.69) is 10.3 Å². The number of amides is 1. The topological polar surface area (TPSA) is 105 Å². The van der Waals surface area contributed by atoms with Gasteiger partial charge in [0, 0.05) is 36.5 Å². The average molecular weight is 287 g/mol. The number of phenolic OH excluding ortho intramolecular Hbond substituents is 1. The standard InChI is InChI=1S/C14H13N3O4/c18-13-9-10(4-5-12(13)17(20)21)14(19)16-8-6-11-3-1-2-7-15-11/h1-5,7,9,18H,6,8H2,(H,16,19). The fourth-order valence-corrected chi connectivity index (χ4v) is 1.77. The molecule has 7 heteroatoms. The van der Waals surface area contributed by atoms with Gasteiger partial charge in [-0.15, -0.1) is 0 Å². The van der Waals surface area contributed by atoms with Crippen molar-refractivity contribution in [3.05, 3.63) is 64.0 Å². The molecule has 21 heavy (non-hydrogen) atoms. The number of hydrogen-bond acceptors (Lipinski definition) is 5. The van der Waals surface area contributed by atoms with Crippen LogP contribution in [0.4, 0.5) is 5.69 Å². The minimum atomic E-state index is -0.710. The van der Waals surface area contributed by atoms with Gasteiger partial charge in [0.05, 0.1) is 4.92 Å². The maximum atomic E-state index is 11.9. The van der Waals surface area contributed by atoms with E-state index >= 15 is 0 Å². The maximum absolute atomic E-state index is 11.9. The Kier molecular flexibility index (Phi) is 4.45. The van der Waals surface area contributed by atoms with E-state index in [1.54, 1.807) is 6.20 Å². The van der Waals surface area contributed by atoms with E-state index in [9.17, 15) is 20.0 Å². The molecule has 2 aromatic rings. The van der Waals surface area contributed by atoms with Crippen molar-refractivity contribution in [3.63, 3.8) is 0 Å². The van der Waals surface area contributed by atoms with Gasteiger partial charge in [-0.25, -0.2) is 0 Å². The maximum Gasteiger partial charge on any atom is 0.310 e. The number of rotatable bonds is 5. The third-order valence-electron chi connectivity index (χ3n) is 2.83. The van der Waals surface area contributed by atoms with Gasteiger partial charge in [-0.05, 0) is 24.3 Å². The first-order valence-corrected chi connectivity index (χ1v) is 6.23.